The van der Waals surface area contributed by atoms with Crippen LogP contribution in [0.1, 0.15) is 24.1 Å². The monoisotopic (exact) mass is 373 g/mol. The van der Waals surface area contributed by atoms with Crippen molar-refractivity contribution in [1.29, 1.82) is 0 Å². The van der Waals surface area contributed by atoms with Crippen LogP contribution in [-0.2, 0) is 6.42 Å². The van der Waals surface area contributed by atoms with Gasteiger partial charge in [0.1, 0.15) is 11.5 Å². The number of hydrogen-bond acceptors (Lipinski definition) is 4. The summed E-state index contributed by atoms with van der Waals surface area (Å²) in [6.07, 6.45) is 3.57. The zero-order valence-electron chi connectivity index (χ0n) is 16.7. The molecule has 0 unspecified atom stereocenters. The van der Waals surface area contributed by atoms with Crippen LogP contribution in [0.25, 0.3) is 10.9 Å². The van der Waals surface area contributed by atoms with E-state index in [1.165, 1.54) is 48.3 Å². The standard InChI is InChI=1S/C24H27N3O/c1-17-21-12-15-27(18-10-13-26(2)14-11-18)24(21)22-16-20(8-9-23(22)25-17)28-19-6-4-3-5-7-19/h3-9,16,18H,10-15H2,1-2H3. The molecule has 144 valence electrons. The molecular weight excluding hydrogens is 346 g/mol. The van der Waals surface area contributed by atoms with Crippen LogP contribution in [0, 0.1) is 6.92 Å². The molecule has 0 spiro atoms. The van der Waals surface area contributed by atoms with Crippen molar-refractivity contribution in [2.75, 3.05) is 31.6 Å². The van der Waals surface area contributed by atoms with Gasteiger partial charge in [-0.05, 0) is 82.2 Å². The summed E-state index contributed by atoms with van der Waals surface area (Å²) >= 11 is 0. The van der Waals surface area contributed by atoms with Crippen LogP contribution in [0.4, 0.5) is 5.69 Å². The summed E-state index contributed by atoms with van der Waals surface area (Å²) in [7, 11) is 2.23. The Kier molecular flexibility index (Phi) is 4.44. The highest BCUT2D eigenvalue weighted by molar-refractivity contribution is 5.96. The van der Waals surface area contributed by atoms with E-state index >= 15 is 0 Å². The van der Waals surface area contributed by atoms with Crippen LogP contribution in [-0.4, -0.2) is 42.6 Å². The molecule has 1 aromatic heterocycles. The van der Waals surface area contributed by atoms with E-state index in [2.05, 4.69) is 35.9 Å². The van der Waals surface area contributed by atoms with Crippen molar-refractivity contribution >= 4 is 16.6 Å². The SMILES string of the molecule is Cc1nc2ccc(Oc3ccccc3)cc2c2c1CCN2C1CCN(C)CC1. The summed E-state index contributed by atoms with van der Waals surface area (Å²) in [5, 5.41) is 1.23. The molecule has 4 heteroatoms. The van der Waals surface area contributed by atoms with Crippen LogP contribution in [0.5, 0.6) is 11.5 Å². The molecule has 0 atom stereocenters. The molecule has 3 aromatic rings. The minimum absolute atomic E-state index is 0.626. The summed E-state index contributed by atoms with van der Waals surface area (Å²) in [5.41, 5.74) is 5.06. The number of nitrogens with zero attached hydrogens (tertiary/aromatic N) is 3. The summed E-state index contributed by atoms with van der Waals surface area (Å²) in [5.74, 6) is 1.74. The molecular formula is C24H27N3O. The van der Waals surface area contributed by atoms with Crippen LogP contribution in [0.15, 0.2) is 48.5 Å². The Morgan fingerprint density at radius 3 is 2.54 bits per heavy atom. The van der Waals surface area contributed by atoms with Gasteiger partial charge in [-0.15, -0.1) is 0 Å². The van der Waals surface area contributed by atoms with Crippen LogP contribution in [0.3, 0.4) is 0 Å². The Morgan fingerprint density at radius 2 is 1.75 bits per heavy atom. The van der Waals surface area contributed by atoms with Gasteiger partial charge in [0.25, 0.3) is 0 Å². The van der Waals surface area contributed by atoms with Crippen molar-refractivity contribution in [2.24, 2.45) is 0 Å². The second-order valence-electron chi connectivity index (χ2n) is 8.10. The first kappa shape index (κ1) is 17.5. The van der Waals surface area contributed by atoms with Crippen molar-refractivity contribution in [2.45, 2.75) is 32.2 Å². The Bertz CT molecular complexity index is 994. The maximum Gasteiger partial charge on any atom is 0.128 e. The maximum absolute atomic E-state index is 6.12. The highest BCUT2D eigenvalue weighted by Gasteiger charge is 2.31. The number of benzene rings is 2. The van der Waals surface area contributed by atoms with Gasteiger partial charge >= 0.3 is 0 Å². The molecule has 0 amide bonds. The molecule has 0 radical (unpaired) electrons. The quantitative estimate of drug-likeness (QED) is 0.660. The fourth-order valence-corrected chi connectivity index (χ4v) is 4.72. The zero-order chi connectivity index (χ0) is 19.1. The highest BCUT2D eigenvalue weighted by atomic mass is 16.5. The van der Waals surface area contributed by atoms with Crippen LogP contribution in [0.2, 0.25) is 0 Å². The van der Waals surface area contributed by atoms with Gasteiger partial charge in [-0.1, -0.05) is 18.2 Å². The Morgan fingerprint density at radius 1 is 0.964 bits per heavy atom. The number of para-hydroxylation sites is 1. The molecule has 0 bridgehead atoms. The number of piperidine rings is 1. The van der Waals surface area contributed by atoms with Crippen LogP contribution >= 0.6 is 0 Å². The summed E-state index contributed by atoms with van der Waals surface area (Å²) in [6.45, 7) is 5.63. The zero-order valence-corrected chi connectivity index (χ0v) is 16.7. The normalized spacial score (nSPS) is 17.9. The van der Waals surface area contributed by atoms with E-state index in [1.54, 1.807) is 0 Å². The topological polar surface area (TPSA) is 28.6 Å². The maximum atomic E-state index is 6.12. The number of aryl methyl sites for hydroxylation is 1. The minimum Gasteiger partial charge on any atom is -0.457 e. The molecule has 2 aliphatic heterocycles. The fraction of sp³-hybridized carbons (Fsp3) is 0.375. The van der Waals surface area contributed by atoms with Crippen molar-refractivity contribution in [3.63, 3.8) is 0 Å². The predicted molar refractivity (Wildman–Crippen MR) is 115 cm³/mol. The van der Waals surface area contributed by atoms with Gasteiger partial charge in [0.15, 0.2) is 0 Å². The average molecular weight is 374 g/mol. The number of fused-ring (bicyclic) bond motifs is 3. The number of likely N-dealkylation sites (tertiary alicyclic amines) is 1. The molecule has 5 rings (SSSR count). The summed E-state index contributed by atoms with van der Waals surface area (Å²) < 4.78 is 6.12. The van der Waals surface area contributed by atoms with E-state index in [9.17, 15) is 0 Å². The van der Waals surface area contributed by atoms with Crippen LogP contribution < -0.4 is 9.64 Å². The lowest BCUT2D eigenvalue weighted by Crippen LogP contribution is -2.43. The Balaban J connectivity index is 1.56. The third kappa shape index (κ3) is 3.12. The molecule has 0 saturated carbocycles. The molecule has 2 aliphatic rings. The number of aromatic nitrogens is 1. The van der Waals surface area contributed by atoms with E-state index in [-0.39, 0.29) is 0 Å². The van der Waals surface area contributed by atoms with Crippen molar-refractivity contribution in [3.8, 4) is 11.5 Å². The molecule has 28 heavy (non-hydrogen) atoms. The third-order valence-electron chi connectivity index (χ3n) is 6.23. The molecule has 2 aromatic carbocycles. The van der Waals surface area contributed by atoms with E-state index in [1.807, 2.05) is 36.4 Å². The second-order valence-corrected chi connectivity index (χ2v) is 8.10. The third-order valence-corrected chi connectivity index (χ3v) is 6.23. The Hall–Kier alpha value is -2.59. The lowest BCUT2D eigenvalue weighted by Gasteiger charge is -2.37. The van der Waals surface area contributed by atoms with E-state index in [4.69, 9.17) is 9.72 Å². The van der Waals surface area contributed by atoms with Gasteiger partial charge in [-0.25, -0.2) is 0 Å². The van der Waals surface area contributed by atoms with E-state index in [0.717, 1.165) is 30.0 Å². The number of hydrogen-bond donors (Lipinski definition) is 0. The van der Waals surface area contributed by atoms with Gasteiger partial charge in [0.05, 0.1) is 11.2 Å². The molecule has 0 aliphatic carbocycles. The smallest absolute Gasteiger partial charge is 0.128 e. The van der Waals surface area contributed by atoms with Gasteiger partial charge < -0.3 is 14.5 Å². The number of ether oxygens (including phenoxy) is 1. The average Bonchev–Trinajstić information content (AvgIpc) is 3.16. The minimum atomic E-state index is 0.626. The molecule has 4 nitrogen and oxygen atoms in total. The van der Waals surface area contributed by atoms with Crippen molar-refractivity contribution < 1.29 is 4.74 Å². The largest absolute Gasteiger partial charge is 0.457 e. The van der Waals surface area contributed by atoms with E-state index in [0.29, 0.717) is 6.04 Å². The number of rotatable bonds is 3. The van der Waals surface area contributed by atoms with Gasteiger partial charge in [0, 0.05) is 23.7 Å². The summed E-state index contributed by atoms with van der Waals surface area (Å²) in [6, 6.07) is 16.9. The molecule has 1 fully saturated rings. The number of pyridine rings is 1. The first-order valence-corrected chi connectivity index (χ1v) is 10.3. The first-order chi connectivity index (χ1) is 13.7. The van der Waals surface area contributed by atoms with Crippen molar-refractivity contribution in [3.05, 3.63) is 59.8 Å². The second kappa shape index (κ2) is 7.10. The highest BCUT2D eigenvalue weighted by Crippen LogP contribution is 2.41. The fourth-order valence-electron chi connectivity index (χ4n) is 4.72. The van der Waals surface area contributed by atoms with E-state index < -0.39 is 0 Å². The van der Waals surface area contributed by atoms with Gasteiger partial charge in [-0.3, -0.25) is 4.98 Å². The molecule has 1 saturated heterocycles. The first-order valence-electron chi connectivity index (χ1n) is 10.3. The lowest BCUT2D eigenvalue weighted by atomic mass is 10.0. The molecule has 0 N–H and O–H groups in total. The van der Waals surface area contributed by atoms with Crippen molar-refractivity contribution in [1.82, 2.24) is 9.88 Å². The van der Waals surface area contributed by atoms with Gasteiger partial charge in [-0.2, -0.15) is 0 Å². The lowest BCUT2D eigenvalue weighted by molar-refractivity contribution is 0.251. The number of anilines is 1. The predicted octanol–water partition coefficient (Wildman–Crippen LogP) is 4.79. The van der Waals surface area contributed by atoms with Gasteiger partial charge in [0.2, 0.25) is 0 Å². The Labute approximate surface area is 166 Å². The summed E-state index contributed by atoms with van der Waals surface area (Å²) in [4.78, 5) is 9.99. The molecule has 3 heterocycles.